The molecule has 6 atom stereocenters. The maximum atomic E-state index is 2.44. The molecule has 0 nitrogen and oxygen atoms in total. The standard InChI is InChI=1S/C15H32.C15H30/c2*1-7-13(4)9-11-15(6)14(5)10-8-12(2)3/h12-15H,7-11H2,1-6H3;8,10,12-15H,7,9,11H2,1-6H3/b;10-8-. The molecule has 0 aliphatic rings. The minimum Gasteiger partial charge on any atom is -0.0857 e. The van der Waals surface area contributed by atoms with E-state index in [0.29, 0.717) is 5.92 Å². The molecule has 0 bridgehead atoms. The van der Waals surface area contributed by atoms with Crippen molar-refractivity contribution in [1.29, 1.82) is 0 Å². The zero-order chi connectivity index (χ0) is 23.7. The van der Waals surface area contributed by atoms with Crippen LogP contribution in [-0.2, 0) is 0 Å². The van der Waals surface area contributed by atoms with Gasteiger partial charge in [-0.1, -0.05) is 140 Å². The molecule has 0 saturated heterocycles. The van der Waals surface area contributed by atoms with E-state index in [1.165, 1.54) is 51.4 Å². The van der Waals surface area contributed by atoms with Crippen LogP contribution < -0.4 is 0 Å². The molecule has 0 saturated carbocycles. The highest BCUT2D eigenvalue weighted by Gasteiger charge is 2.13. The minimum absolute atomic E-state index is 0.689. The molecule has 0 fully saturated rings. The van der Waals surface area contributed by atoms with Gasteiger partial charge < -0.3 is 0 Å². The molecule has 0 aromatic rings. The molecule has 0 N–H and O–H groups in total. The largest absolute Gasteiger partial charge is 0.0857 e. The summed E-state index contributed by atoms with van der Waals surface area (Å²) in [5.41, 5.74) is 0. The van der Waals surface area contributed by atoms with E-state index >= 15 is 0 Å². The third kappa shape index (κ3) is 19.7. The molecule has 6 unspecified atom stereocenters. The van der Waals surface area contributed by atoms with Crippen molar-refractivity contribution in [3.05, 3.63) is 12.2 Å². The Balaban J connectivity index is 0. The molecule has 0 aliphatic carbocycles. The van der Waals surface area contributed by atoms with Gasteiger partial charge in [-0.15, -0.1) is 0 Å². The summed E-state index contributed by atoms with van der Waals surface area (Å²) in [7, 11) is 0. The van der Waals surface area contributed by atoms with E-state index in [1.54, 1.807) is 0 Å². The van der Waals surface area contributed by atoms with Gasteiger partial charge >= 0.3 is 0 Å². The Kier molecular flexibility index (Phi) is 20.7. The highest BCUT2D eigenvalue weighted by molar-refractivity contribution is 4.90. The lowest BCUT2D eigenvalue weighted by Crippen LogP contribution is -2.10. The lowest BCUT2D eigenvalue weighted by molar-refractivity contribution is 0.298. The van der Waals surface area contributed by atoms with Gasteiger partial charge in [-0.3, -0.25) is 0 Å². The highest BCUT2D eigenvalue weighted by atomic mass is 14.2. The van der Waals surface area contributed by atoms with Gasteiger partial charge in [0.05, 0.1) is 0 Å². The fraction of sp³-hybridized carbons (Fsp3) is 0.933. The summed E-state index contributed by atoms with van der Waals surface area (Å²) in [6.45, 7) is 28.1. The van der Waals surface area contributed by atoms with E-state index in [9.17, 15) is 0 Å². The van der Waals surface area contributed by atoms with Crippen LogP contribution in [0.4, 0.5) is 0 Å². The van der Waals surface area contributed by atoms with Crippen molar-refractivity contribution in [2.45, 2.75) is 134 Å². The second-order valence-electron chi connectivity index (χ2n) is 11.6. The van der Waals surface area contributed by atoms with Crippen LogP contribution in [0.25, 0.3) is 0 Å². The average molecular weight is 423 g/mol. The van der Waals surface area contributed by atoms with Crippen LogP contribution in [0.1, 0.15) is 134 Å². The number of hydrogen-bond acceptors (Lipinski definition) is 0. The lowest BCUT2D eigenvalue weighted by atomic mass is 9.84. The van der Waals surface area contributed by atoms with E-state index in [1.807, 2.05) is 0 Å². The van der Waals surface area contributed by atoms with Crippen molar-refractivity contribution in [2.24, 2.45) is 47.3 Å². The molecule has 0 aliphatic heterocycles. The fourth-order valence-electron chi connectivity index (χ4n) is 3.52. The molecule has 0 aromatic heterocycles. The predicted molar refractivity (Wildman–Crippen MR) is 142 cm³/mol. The number of hydrogen-bond donors (Lipinski definition) is 0. The second-order valence-corrected chi connectivity index (χ2v) is 11.6. The Morgan fingerprint density at radius 2 is 0.867 bits per heavy atom. The third-order valence-electron chi connectivity index (χ3n) is 7.49. The molecule has 0 rings (SSSR count). The van der Waals surface area contributed by atoms with Crippen molar-refractivity contribution in [2.75, 3.05) is 0 Å². The Morgan fingerprint density at radius 3 is 1.23 bits per heavy atom. The first kappa shape index (κ1) is 31.9. The van der Waals surface area contributed by atoms with Gasteiger partial charge in [-0.2, -0.15) is 0 Å². The zero-order valence-corrected chi connectivity index (χ0v) is 23.4. The van der Waals surface area contributed by atoms with Gasteiger partial charge in [0.1, 0.15) is 0 Å². The van der Waals surface area contributed by atoms with Crippen LogP contribution in [0.5, 0.6) is 0 Å². The van der Waals surface area contributed by atoms with Crippen molar-refractivity contribution < 1.29 is 0 Å². The molecule has 0 heteroatoms. The Morgan fingerprint density at radius 1 is 0.467 bits per heavy atom. The van der Waals surface area contributed by atoms with Crippen LogP contribution in [0.2, 0.25) is 0 Å². The molecule has 0 radical (unpaired) electrons. The SMILES string of the molecule is CCC(C)CCC(C)C(C)/C=C\C(C)C.CCC(C)CCC(C)C(C)CCC(C)C. The predicted octanol–water partition coefficient (Wildman–Crippen LogP) is 10.8. The molecule has 0 heterocycles. The van der Waals surface area contributed by atoms with Crippen LogP contribution in [0.3, 0.4) is 0 Å². The first-order valence-corrected chi connectivity index (χ1v) is 13.6. The van der Waals surface area contributed by atoms with Crippen LogP contribution in [0.15, 0.2) is 12.2 Å². The summed E-state index contributed by atoms with van der Waals surface area (Å²) in [6.07, 6.45) is 15.8. The molecular formula is C30H62. The van der Waals surface area contributed by atoms with Gasteiger partial charge in [-0.25, -0.2) is 0 Å². The quantitative estimate of drug-likeness (QED) is 0.230. The van der Waals surface area contributed by atoms with E-state index < -0.39 is 0 Å². The van der Waals surface area contributed by atoms with Gasteiger partial charge in [0, 0.05) is 0 Å². The summed E-state index contributed by atoms with van der Waals surface area (Å²) in [4.78, 5) is 0. The van der Waals surface area contributed by atoms with Gasteiger partial charge in [0.15, 0.2) is 0 Å². The third-order valence-corrected chi connectivity index (χ3v) is 7.49. The normalized spacial score (nSPS) is 18.1. The Bertz CT molecular complexity index is 377. The van der Waals surface area contributed by atoms with Crippen LogP contribution in [0, 0.1) is 47.3 Å². The monoisotopic (exact) mass is 422 g/mol. The molecule has 0 amide bonds. The Hall–Kier alpha value is -0.260. The zero-order valence-electron chi connectivity index (χ0n) is 23.4. The maximum Gasteiger partial charge on any atom is -0.0236 e. The van der Waals surface area contributed by atoms with E-state index in [2.05, 4.69) is 95.2 Å². The second kappa shape index (κ2) is 19.4. The lowest BCUT2D eigenvalue weighted by Gasteiger charge is -2.22. The topological polar surface area (TPSA) is 0 Å². The Labute approximate surface area is 194 Å². The summed E-state index contributed by atoms with van der Waals surface area (Å²) in [5.74, 6) is 6.77. The van der Waals surface area contributed by atoms with Gasteiger partial charge in [0.25, 0.3) is 0 Å². The average Bonchev–Trinajstić information content (AvgIpc) is 2.71. The minimum atomic E-state index is 0.689. The van der Waals surface area contributed by atoms with Gasteiger partial charge in [0.2, 0.25) is 0 Å². The maximum absolute atomic E-state index is 2.44. The van der Waals surface area contributed by atoms with Gasteiger partial charge in [-0.05, 0) is 53.8 Å². The van der Waals surface area contributed by atoms with Crippen LogP contribution in [-0.4, -0.2) is 0 Å². The molecular weight excluding hydrogens is 360 g/mol. The van der Waals surface area contributed by atoms with Crippen molar-refractivity contribution in [3.63, 3.8) is 0 Å². The molecule has 0 spiro atoms. The van der Waals surface area contributed by atoms with Crippen molar-refractivity contribution >= 4 is 0 Å². The summed E-state index contributed by atoms with van der Waals surface area (Å²) >= 11 is 0. The molecule has 182 valence electrons. The summed E-state index contributed by atoms with van der Waals surface area (Å²) in [6, 6.07) is 0. The first-order chi connectivity index (χ1) is 13.9. The fourth-order valence-corrected chi connectivity index (χ4v) is 3.52. The van der Waals surface area contributed by atoms with E-state index in [4.69, 9.17) is 0 Å². The highest BCUT2D eigenvalue weighted by Crippen LogP contribution is 2.25. The van der Waals surface area contributed by atoms with Crippen molar-refractivity contribution in [1.82, 2.24) is 0 Å². The molecule has 0 aromatic carbocycles. The summed E-state index contributed by atoms with van der Waals surface area (Å²) < 4.78 is 0. The number of rotatable bonds is 15. The van der Waals surface area contributed by atoms with Crippen molar-refractivity contribution in [3.8, 4) is 0 Å². The van der Waals surface area contributed by atoms with Crippen LogP contribution >= 0.6 is 0 Å². The summed E-state index contributed by atoms with van der Waals surface area (Å²) in [5, 5.41) is 0. The number of allylic oxidation sites excluding steroid dienone is 2. The smallest absolute Gasteiger partial charge is 0.0236 e. The van der Waals surface area contributed by atoms with E-state index in [-0.39, 0.29) is 0 Å². The molecule has 30 heavy (non-hydrogen) atoms. The van der Waals surface area contributed by atoms with E-state index in [0.717, 1.165) is 41.4 Å². The first-order valence-electron chi connectivity index (χ1n) is 13.6.